The molecule has 0 unspecified atom stereocenters. The van der Waals surface area contributed by atoms with Crippen LogP contribution in [0.3, 0.4) is 0 Å². The number of hydrogen-bond acceptors (Lipinski definition) is 5. The van der Waals surface area contributed by atoms with Crippen molar-refractivity contribution in [1.29, 1.82) is 0 Å². The molecule has 170 valence electrons. The summed E-state index contributed by atoms with van der Waals surface area (Å²) in [6.07, 6.45) is 5.94. The van der Waals surface area contributed by atoms with Gasteiger partial charge >= 0.3 is 0 Å². The first-order valence-electron chi connectivity index (χ1n) is 11.0. The molecule has 3 heterocycles. The van der Waals surface area contributed by atoms with Crippen LogP contribution in [0.1, 0.15) is 55.0 Å². The fourth-order valence-electron chi connectivity index (χ4n) is 4.81. The fourth-order valence-corrected chi connectivity index (χ4v) is 6.45. The highest BCUT2D eigenvalue weighted by atomic mass is 32.2. The highest BCUT2D eigenvalue weighted by Crippen LogP contribution is 2.34. The van der Waals surface area contributed by atoms with Gasteiger partial charge in [-0.2, -0.15) is 9.40 Å². The van der Waals surface area contributed by atoms with Crippen LogP contribution in [0.25, 0.3) is 5.69 Å². The van der Waals surface area contributed by atoms with Gasteiger partial charge in [0.25, 0.3) is 0 Å². The van der Waals surface area contributed by atoms with Gasteiger partial charge in [0.05, 0.1) is 6.20 Å². The number of aryl methyl sites for hydroxylation is 1. The van der Waals surface area contributed by atoms with Crippen molar-refractivity contribution in [1.82, 2.24) is 19.2 Å². The molecule has 1 aromatic carbocycles. The van der Waals surface area contributed by atoms with Crippen LogP contribution in [0.15, 0.2) is 35.0 Å². The van der Waals surface area contributed by atoms with Crippen molar-refractivity contribution < 1.29 is 17.3 Å². The summed E-state index contributed by atoms with van der Waals surface area (Å²) in [4.78, 5) is 0. The summed E-state index contributed by atoms with van der Waals surface area (Å²) in [5.74, 6) is 0.297. The summed E-state index contributed by atoms with van der Waals surface area (Å²) in [7, 11) is -3.64. The number of nitrogens with zero attached hydrogens (tertiary/aromatic N) is 4. The minimum Gasteiger partial charge on any atom is -0.361 e. The van der Waals surface area contributed by atoms with Crippen molar-refractivity contribution in [2.45, 2.75) is 58.2 Å². The lowest BCUT2D eigenvalue weighted by molar-refractivity contribution is 0.263. The highest BCUT2D eigenvalue weighted by molar-refractivity contribution is 7.88. The molecule has 5 rings (SSSR count). The van der Waals surface area contributed by atoms with Crippen molar-refractivity contribution in [3.05, 3.63) is 64.6 Å². The smallest absolute Gasteiger partial charge is 0.220 e. The van der Waals surface area contributed by atoms with Crippen LogP contribution in [0, 0.1) is 11.2 Å². The van der Waals surface area contributed by atoms with Gasteiger partial charge in [-0.3, -0.25) is 0 Å². The Bertz CT molecular complexity index is 1260. The SMILES string of the molecule is CC1(C)Cc2c(cnn2-c2ccccc2F)CN(S(=O)(=O)Cc2noc3c2CCCC3)C1. The lowest BCUT2D eigenvalue weighted by Crippen LogP contribution is -2.38. The molecule has 0 amide bonds. The molecule has 1 aliphatic carbocycles. The molecule has 2 aromatic heterocycles. The molecule has 9 heteroatoms. The van der Waals surface area contributed by atoms with Crippen molar-refractivity contribution in [2.75, 3.05) is 6.54 Å². The molecule has 7 nitrogen and oxygen atoms in total. The minimum atomic E-state index is -3.64. The van der Waals surface area contributed by atoms with E-state index in [0.29, 0.717) is 24.3 Å². The van der Waals surface area contributed by atoms with Gasteiger partial charge in [0, 0.05) is 36.3 Å². The van der Waals surface area contributed by atoms with E-state index in [9.17, 15) is 12.8 Å². The van der Waals surface area contributed by atoms with E-state index >= 15 is 0 Å². The quantitative estimate of drug-likeness (QED) is 0.594. The fraction of sp³-hybridized carbons (Fsp3) is 0.478. The number of halogens is 1. The standard InChI is InChI=1S/C23H27FN4O3S/c1-23(2)11-21-16(12-25-28(21)20-9-5-4-8-18(20)24)13-27(15-23)32(29,30)14-19-17-7-3-6-10-22(17)31-26-19/h4-5,8-9,12H,3,6-7,10-11,13-15H2,1-2H3. The van der Waals surface area contributed by atoms with E-state index in [2.05, 4.69) is 10.3 Å². The first-order valence-corrected chi connectivity index (χ1v) is 12.6. The minimum absolute atomic E-state index is 0.168. The largest absolute Gasteiger partial charge is 0.361 e. The zero-order valence-electron chi connectivity index (χ0n) is 18.3. The summed E-state index contributed by atoms with van der Waals surface area (Å²) >= 11 is 0. The lowest BCUT2D eigenvalue weighted by Gasteiger charge is -2.29. The van der Waals surface area contributed by atoms with Gasteiger partial charge in [-0.1, -0.05) is 31.1 Å². The second-order valence-corrected chi connectivity index (χ2v) is 11.6. The summed E-state index contributed by atoms with van der Waals surface area (Å²) in [5, 5.41) is 8.51. The van der Waals surface area contributed by atoms with Gasteiger partial charge < -0.3 is 4.52 Å². The van der Waals surface area contributed by atoms with E-state index in [-0.39, 0.29) is 23.5 Å². The third kappa shape index (κ3) is 3.88. The molecule has 0 saturated carbocycles. The van der Waals surface area contributed by atoms with Crippen molar-refractivity contribution in [2.24, 2.45) is 5.41 Å². The Balaban J connectivity index is 1.48. The third-order valence-corrected chi connectivity index (χ3v) is 8.06. The van der Waals surface area contributed by atoms with E-state index in [0.717, 1.165) is 48.3 Å². The van der Waals surface area contributed by atoms with E-state index in [1.54, 1.807) is 29.1 Å². The summed E-state index contributed by atoms with van der Waals surface area (Å²) in [6.45, 7) is 4.62. The molecule has 3 aromatic rings. The zero-order chi connectivity index (χ0) is 22.5. The first kappa shape index (κ1) is 21.3. The topological polar surface area (TPSA) is 81.2 Å². The molecule has 0 radical (unpaired) electrons. The van der Waals surface area contributed by atoms with Gasteiger partial charge in [0.2, 0.25) is 10.0 Å². The van der Waals surface area contributed by atoms with Crippen LogP contribution in [0.2, 0.25) is 0 Å². The molecule has 1 aliphatic heterocycles. The Morgan fingerprint density at radius 2 is 1.97 bits per heavy atom. The maximum absolute atomic E-state index is 14.4. The van der Waals surface area contributed by atoms with Crippen molar-refractivity contribution in [3.63, 3.8) is 0 Å². The Labute approximate surface area is 187 Å². The van der Waals surface area contributed by atoms with Crippen LogP contribution in [-0.2, 0) is 41.6 Å². The van der Waals surface area contributed by atoms with Gasteiger partial charge in [-0.05, 0) is 43.2 Å². The number of fused-ring (bicyclic) bond motifs is 2. The van der Waals surface area contributed by atoms with Crippen molar-refractivity contribution in [3.8, 4) is 5.69 Å². The van der Waals surface area contributed by atoms with Crippen LogP contribution in [0.4, 0.5) is 4.39 Å². The average molecular weight is 459 g/mol. The summed E-state index contributed by atoms with van der Waals surface area (Å²) in [6, 6.07) is 6.49. The summed E-state index contributed by atoms with van der Waals surface area (Å²) in [5.41, 5.74) is 3.15. The second kappa shape index (κ2) is 7.81. The monoisotopic (exact) mass is 458 g/mol. The predicted octanol–water partition coefficient (Wildman–Crippen LogP) is 3.79. The number of benzene rings is 1. The number of hydrogen-bond donors (Lipinski definition) is 0. The lowest BCUT2D eigenvalue weighted by atomic mass is 9.88. The highest BCUT2D eigenvalue weighted by Gasteiger charge is 2.37. The second-order valence-electron chi connectivity index (χ2n) is 9.58. The predicted molar refractivity (Wildman–Crippen MR) is 117 cm³/mol. The van der Waals surface area contributed by atoms with Gasteiger partial charge in [0.15, 0.2) is 0 Å². The number of sulfonamides is 1. The Morgan fingerprint density at radius 1 is 1.19 bits per heavy atom. The number of aromatic nitrogens is 3. The third-order valence-electron chi connectivity index (χ3n) is 6.38. The van der Waals surface area contributed by atoms with Crippen LogP contribution >= 0.6 is 0 Å². The maximum Gasteiger partial charge on any atom is 0.220 e. The van der Waals surface area contributed by atoms with Crippen molar-refractivity contribution >= 4 is 10.0 Å². The molecule has 0 spiro atoms. The number of rotatable bonds is 4. The number of para-hydroxylation sites is 1. The normalized spacial score (nSPS) is 18.7. The Hall–Kier alpha value is -2.52. The summed E-state index contributed by atoms with van der Waals surface area (Å²) < 4.78 is 50.0. The first-order chi connectivity index (χ1) is 15.2. The van der Waals surface area contributed by atoms with Gasteiger partial charge in [0.1, 0.15) is 28.7 Å². The average Bonchev–Trinajstić information content (AvgIpc) is 3.28. The molecule has 0 saturated heterocycles. The molecule has 0 atom stereocenters. The van der Waals surface area contributed by atoms with Gasteiger partial charge in [-0.25, -0.2) is 17.5 Å². The van der Waals surface area contributed by atoms with Gasteiger partial charge in [-0.15, -0.1) is 0 Å². The van der Waals surface area contributed by atoms with Crippen LogP contribution < -0.4 is 0 Å². The Kier molecular flexibility index (Phi) is 5.21. The molecule has 0 N–H and O–H groups in total. The molecular weight excluding hydrogens is 431 g/mol. The van der Waals surface area contributed by atoms with Crippen LogP contribution in [0.5, 0.6) is 0 Å². The zero-order valence-corrected chi connectivity index (χ0v) is 19.2. The molecule has 32 heavy (non-hydrogen) atoms. The van der Waals surface area contributed by atoms with E-state index in [1.807, 2.05) is 13.8 Å². The molecule has 2 aliphatic rings. The maximum atomic E-state index is 14.4. The Morgan fingerprint density at radius 3 is 2.78 bits per heavy atom. The molecule has 0 fully saturated rings. The molecular formula is C23H27FN4O3S. The van der Waals surface area contributed by atoms with E-state index in [4.69, 9.17) is 4.52 Å². The van der Waals surface area contributed by atoms with E-state index < -0.39 is 10.0 Å². The molecule has 0 bridgehead atoms. The van der Waals surface area contributed by atoms with Crippen LogP contribution in [-0.4, -0.2) is 34.2 Å². The van der Waals surface area contributed by atoms with E-state index in [1.165, 1.54) is 10.4 Å².